The second-order valence-corrected chi connectivity index (χ2v) is 8.85. The van der Waals surface area contributed by atoms with E-state index in [0.29, 0.717) is 12.1 Å². The number of aromatic nitrogens is 2. The minimum atomic E-state index is -3.49. The zero-order valence-electron chi connectivity index (χ0n) is 16.6. The van der Waals surface area contributed by atoms with E-state index in [2.05, 4.69) is 16.8 Å². The van der Waals surface area contributed by atoms with Gasteiger partial charge in [-0.15, -0.1) is 0 Å². The summed E-state index contributed by atoms with van der Waals surface area (Å²) in [5, 5.41) is 3.37. The number of imidazole rings is 1. The Morgan fingerprint density at radius 3 is 2.46 bits per heavy atom. The van der Waals surface area contributed by atoms with Crippen molar-refractivity contribution in [3.63, 3.8) is 0 Å². The van der Waals surface area contributed by atoms with E-state index in [1.54, 1.807) is 19.2 Å². The number of aryl methyl sites for hydroxylation is 1. The molecule has 7 nitrogen and oxygen atoms in total. The van der Waals surface area contributed by atoms with Crippen molar-refractivity contribution >= 4 is 26.7 Å². The fourth-order valence-electron chi connectivity index (χ4n) is 3.03. The number of hydrogen-bond donors (Lipinski definition) is 1. The fraction of sp³-hybridized carbons (Fsp3) is 0.350. The van der Waals surface area contributed by atoms with Crippen LogP contribution in [0.3, 0.4) is 0 Å². The quantitative estimate of drug-likeness (QED) is 0.625. The summed E-state index contributed by atoms with van der Waals surface area (Å²) >= 11 is 0. The average molecular weight is 403 g/mol. The van der Waals surface area contributed by atoms with Gasteiger partial charge in [0.05, 0.1) is 29.6 Å². The third kappa shape index (κ3) is 3.98. The van der Waals surface area contributed by atoms with Gasteiger partial charge in [-0.05, 0) is 48.9 Å². The van der Waals surface area contributed by atoms with E-state index >= 15 is 0 Å². The van der Waals surface area contributed by atoms with E-state index in [1.807, 2.05) is 30.3 Å². The van der Waals surface area contributed by atoms with Crippen LogP contribution >= 0.6 is 0 Å². The molecule has 0 bridgehead atoms. The number of nitrogens with one attached hydrogen (secondary N) is 1. The molecule has 8 heteroatoms. The van der Waals surface area contributed by atoms with Gasteiger partial charge >= 0.3 is 0 Å². The molecule has 0 saturated heterocycles. The minimum Gasteiger partial charge on any atom is -0.497 e. The fourth-order valence-corrected chi connectivity index (χ4v) is 3.95. The van der Waals surface area contributed by atoms with Gasteiger partial charge in [-0.2, -0.15) is 0 Å². The van der Waals surface area contributed by atoms with Crippen molar-refractivity contribution < 1.29 is 13.2 Å². The minimum absolute atomic E-state index is 0.251. The number of fused-ring (bicyclic) bond motifs is 1. The number of sulfonamides is 1. The molecule has 0 amide bonds. The Hall–Kier alpha value is -2.58. The van der Waals surface area contributed by atoms with Crippen LogP contribution in [0.2, 0.25) is 0 Å². The highest BCUT2D eigenvalue weighted by molar-refractivity contribution is 7.89. The molecule has 150 valence electrons. The Labute approximate surface area is 166 Å². The molecule has 0 fully saturated rings. The van der Waals surface area contributed by atoms with Gasteiger partial charge in [-0.3, -0.25) is 0 Å². The highest BCUT2D eigenvalue weighted by Crippen LogP contribution is 2.23. The lowest BCUT2D eigenvalue weighted by molar-refractivity contribution is 0.415. The number of ether oxygens (including phenoxy) is 1. The van der Waals surface area contributed by atoms with Crippen LogP contribution in [0.4, 0.5) is 5.69 Å². The Morgan fingerprint density at radius 2 is 1.86 bits per heavy atom. The Morgan fingerprint density at radius 1 is 1.14 bits per heavy atom. The molecular formula is C20H26N4O3S. The monoisotopic (exact) mass is 402 g/mol. The smallest absolute Gasteiger partial charge is 0.242 e. The molecule has 1 aromatic heterocycles. The summed E-state index contributed by atoms with van der Waals surface area (Å²) in [6, 6.07) is 12.8. The number of anilines is 1. The summed E-state index contributed by atoms with van der Waals surface area (Å²) in [4.78, 5) is 4.96. The van der Waals surface area contributed by atoms with Gasteiger partial charge in [-0.25, -0.2) is 17.7 Å². The van der Waals surface area contributed by atoms with E-state index in [1.165, 1.54) is 18.4 Å². The van der Waals surface area contributed by atoms with Gasteiger partial charge in [0, 0.05) is 26.3 Å². The molecule has 0 spiro atoms. The van der Waals surface area contributed by atoms with Crippen molar-refractivity contribution in [1.29, 1.82) is 0 Å². The standard InChI is InChI=1S/C20H26N4O3S/c1-5-12-24-19-11-10-17(28(25,26)23(2)3)13-18(19)22-20(24)14-21-15-6-8-16(27-4)9-7-15/h6-11,13,21H,5,12,14H2,1-4H3. The van der Waals surface area contributed by atoms with Gasteiger partial charge in [0.15, 0.2) is 0 Å². The third-order valence-corrected chi connectivity index (χ3v) is 6.38. The molecule has 28 heavy (non-hydrogen) atoms. The number of rotatable bonds is 8. The second-order valence-electron chi connectivity index (χ2n) is 6.70. The molecule has 1 heterocycles. The molecule has 1 N–H and O–H groups in total. The predicted octanol–water partition coefficient (Wildman–Crippen LogP) is 3.32. The maximum absolute atomic E-state index is 12.4. The molecule has 3 aromatic rings. The van der Waals surface area contributed by atoms with E-state index in [-0.39, 0.29) is 4.90 Å². The van der Waals surface area contributed by atoms with Crippen LogP contribution in [-0.4, -0.2) is 43.5 Å². The predicted molar refractivity (Wildman–Crippen MR) is 111 cm³/mol. The van der Waals surface area contributed by atoms with Crippen LogP contribution < -0.4 is 10.1 Å². The van der Waals surface area contributed by atoms with Crippen LogP contribution in [-0.2, 0) is 23.1 Å². The van der Waals surface area contributed by atoms with Crippen molar-refractivity contribution in [3.8, 4) is 5.75 Å². The summed E-state index contributed by atoms with van der Waals surface area (Å²) in [6.45, 7) is 3.46. The lowest BCUT2D eigenvalue weighted by atomic mass is 10.3. The first-order valence-electron chi connectivity index (χ1n) is 9.16. The van der Waals surface area contributed by atoms with Crippen molar-refractivity contribution in [2.45, 2.75) is 31.3 Å². The number of benzene rings is 2. The summed E-state index contributed by atoms with van der Waals surface area (Å²) < 4.78 is 33.4. The molecule has 0 unspecified atom stereocenters. The maximum Gasteiger partial charge on any atom is 0.242 e. The average Bonchev–Trinajstić information content (AvgIpc) is 3.03. The molecule has 0 radical (unpaired) electrons. The van der Waals surface area contributed by atoms with Crippen LogP contribution in [0.25, 0.3) is 11.0 Å². The largest absolute Gasteiger partial charge is 0.497 e. The van der Waals surface area contributed by atoms with Crippen LogP contribution in [0.5, 0.6) is 5.75 Å². The van der Waals surface area contributed by atoms with Crippen molar-refractivity contribution in [2.75, 3.05) is 26.5 Å². The van der Waals surface area contributed by atoms with Crippen molar-refractivity contribution in [1.82, 2.24) is 13.9 Å². The highest BCUT2D eigenvalue weighted by atomic mass is 32.2. The molecule has 2 aromatic carbocycles. The molecule has 0 saturated carbocycles. The van der Waals surface area contributed by atoms with Gasteiger partial charge in [0.25, 0.3) is 0 Å². The number of hydrogen-bond acceptors (Lipinski definition) is 5. The Bertz CT molecular complexity index is 1060. The van der Waals surface area contributed by atoms with Crippen LogP contribution in [0, 0.1) is 0 Å². The zero-order chi connectivity index (χ0) is 20.3. The SMILES string of the molecule is CCCn1c(CNc2ccc(OC)cc2)nc2cc(S(=O)(=O)N(C)C)ccc21. The lowest BCUT2D eigenvalue weighted by Crippen LogP contribution is -2.22. The first kappa shape index (κ1) is 20.2. The van der Waals surface area contributed by atoms with Gasteiger partial charge < -0.3 is 14.6 Å². The topological polar surface area (TPSA) is 76.5 Å². The molecule has 0 aliphatic rings. The maximum atomic E-state index is 12.4. The number of methoxy groups -OCH3 is 1. The zero-order valence-corrected chi connectivity index (χ0v) is 17.5. The van der Waals surface area contributed by atoms with E-state index in [0.717, 1.165) is 35.7 Å². The van der Waals surface area contributed by atoms with Gasteiger partial charge in [0.1, 0.15) is 11.6 Å². The lowest BCUT2D eigenvalue weighted by Gasteiger charge is -2.12. The second kappa shape index (κ2) is 8.20. The molecular weight excluding hydrogens is 376 g/mol. The molecule has 3 rings (SSSR count). The van der Waals surface area contributed by atoms with E-state index in [9.17, 15) is 8.42 Å². The van der Waals surface area contributed by atoms with Crippen molar-refractivity contribution in [2.24, 2.45) is 0 Å². The normalized spacial score (nSPS) is 11.9. The molecule has 0 aliphatic carbocycles. The van der Waals surface area contributed by atoms with Crippen LogP contribution in [0.15, 0.2) is 47.4 Å². The van der Waals surface area contributed by atoms with Gasteiger partial charge in [0.2, 0.25) is 10.0 Å². The number of nitrogens with zero attached hydrogens (tertiary/aromatic N) is 3. The van der Waals surface area contributed by atoms with E-state index < -0.39 is 10.0 Å². The molecule has 0 atom stereocenters. The highest BCUT2D eigenvalue weighted by Gasteiger charge is 2.19. The first-order valence-corrected chi connectivity index (χ1v) is 10.6. The van der Waals surface area contributed by atoms with Gasteiger partial charge in [-0.1, -0.05) is 6.92 Å². The Balaban J connectivity index is 1.93. The summed E-state index contributed by atoms with van der Waals surface area (Å²) in [7, 11) is 1.20. The Kier molecular flexibility index (Phi) is 5.90. The van der Waals surface area contributed by atoms with Crippen molar-refractivity contribution in [3.05, 3.63) is 48.3 Å². The van der Waals surface area contributed by atoms with Crippen LogP contribution in [0.1, 0.15) is 19.2 Å². The summed E-state index contributed by atoms with van der Waals surface area (Å²) in [5.74, 6) is 1.67. The summed E-state index contributed by atoms with van der Waals surface area (Å²) in [6.07, 6.45) is 0.957. The third-order valence-electron chi connectivity index (χ3n) is 4.57. The first-order chi connectivity index (χ1) is 13.4. The summed E-state index contributed by atoms with van der Waals surface area (Å²) in [5.41, 5.74) is 2.58. The van der Waals surface area contributed by atoms with E-state index in [4.69, 9.17) is 9.72 Å². The molecule has 0 aliphatic heterocycles.